The first kappa shape index (κ1) is 20.3. The van der Waals surface area contributed by atoms with E-state index in [1.54, 1.807) is 0 Å². The zero-order valence-corrected chi connectivity index (χ0v) is 16.1. The van der Waals surface area contributed by atoms with Gasteiger partial charge in [-0.05, 0) is 47.7 Å². The molecule has 0 unspecified atom stereocenters. The summed E-state index contributed by atoms with van der Waals surface area (Å²) < 4.78 is 76.3. The van der Waals surface area contributed by atoms with Gasteiger partial charge in [-0.25, -0.2) is 13.1 Å². The number of methoxy groups -OCH3 is 2. The van der Waals surface area contributed by atoms with Crippen LogP contribution >= 0.6 is 15.9 Å². The monoisotopic (exact) mass is 445 g/mol. The standard InChI is InChI=1S/C15H19BrF3NO4S/c1-23-12-7-11(16)14(8-13(12)24-2)25(21,22)20-10-5-3-9(4-6-10)15(17,18)19/h7-10,20H,3-6H2,1-2H3. The van der Waals surface area contributed by atoms with Crippen LogP contribution in [-0.4, -0.2) is 34.9 Å². The van der Waals surface area contributed by atoms with E-state index < -0.39 is 28.2 Å². The van der Waals surface area contributed by atoms with Crippen molar-refractivity contribution in [1.29, 1.82) is 0 Å². The van der Waals surface area contributed by atoms with Crippen molar-refractivity contribution in [3.63, 3.8) is 0 Å². The summed E-state index contributed by atoms with van der Waals surface area (Å²) in [6.07, 6.45) is -4.09. The van der Waals surface area contributed by atoms with Crippen LogP contribution in [0, 0.1) is 5.92 Å². The summed E-state index contributed by atoms with van der Waals surface area (Å²) in [4.78, 5) is -0.0527. The van der Waals surface area contributed by atoms with Gasteiger partial charge in [0.2, 0.25) is 10.0 Å². The minimum Gasteiger partial charge on any atom is -0.493 e. The Balaban J connectivity index is 2.15. The lowest BCUT2D eigenvalue weighted by Crippen LogP contribution is -2.40. The average Bonchev–Trinajstić information content (AvgIpc) is 2.53. The third-order valence-electron chi connectivity index (χ3n) is 4.24. The van der Waals surface area contributed by atoms with E-state index in [2.05, 4.69) is 20.7 Å². The van der Waals surface area contributed by atoms with Gasteiger partial charge in [0.15, 0.2) is 11.5 Å². The van der Waals surface area contributed by atoms with E-state index in [0.29, 0.717) is 5.75 Å². The van der Waals surface area contributed by atoms with Crippen LogP contribution in [0.15, 0.2) is 21.5 Å². The maximum absolute atomic E-state index is 12.7. The van der Waals surface area contributed by atoms with Crippen LogP contribution in [0.3, 0.4) is 0 Å². The first-order valence-corrected chi connectivity index (χ1v) is 9.86. The Morgan fingerprint density at radius 3 is 2.08 bits per heavy atom. The molecule has 25 heavy (non-hydrogen) atoms. The molecule has 10 heteroatoms. The fourth-order valence-corrected chi connectivity index (χ4v) is 5.20. The van der Waals surface area contributed by atoms with Crippen molar-refractivity contribution in [2.24, 2.45) is 5.92 Å². The Morgan fingerprint density at radius 2 is 1.60 bits per heavy atom. The van der Waals surface area contributed by atoms with Crippen molar-refractivity contribution in [2.75, 3.05) is 14.2 Å². The second-order valence-electron chi connectivity index (χ2n) is 5.85. The number of alkyl halides is 3. The van der Waals surface area contributed by atoms with Gasteiger partial charge in [-0.3, -0.25) is 0 Å². The summed E-state index contributed by atoms with van der Waals surface area (Å²) in [6.45, 7) is 0. The van der Waals surface area contributed by atoms with Crippen LogP contribution in [0.4, 0.5) is 13.2 Å². The smallest absolute Gasteiger partial charge is 0.391 e. The van der Waals surface area contributed by atoms with Gasteiger partial charge in [0.25, 0.3) is 0 Å². The van der Waals surface area contributed by atoms with Gasteiger partial charge in [0.05, 0.1) is 20.1 Å². The second kappa shape index (κ2) is 7.71. The second-order valence-corrected chi connectivity index (χ2v) is 8.39. The van der Waals surface area contributed by atoms with Gasteiger partial charge in [-0.1, -0.05) is 0 Å². The van der Waals surface area contributed by atoms with Crippen LogP contribution in [0.25, 0.3) is 0 Å². The average molecular weight is 446 g/mol. The topological polar surface area (TPSA) is 64.6 Å². The van der Waals surface area contributed by atoms with Crippen LogP contribution in [-0.2, 0) is 10.0 Å². The van der Waals surface area contributed by atoms with E-state index in [-0.39, 0.29) is 40.8 Å². The molecular formula is C15H19BrF3NO4S. The lowest BCUT2D eigenvalue weighted by molar-refractivity contribution is -0.182. The summed E-state index contributed by atoms with van der Waals surface area (Å²) >= 11 is 3.18. The summed E-state index contributed by atoms with van der Waals surface area (Å²) in [5, 5.41) is 0. The van der Waals surface area contributed by atoms with E-state index in [4.69, 9.17) is 9.47 Å². The zero-order chi connectivity index (χ0) is 18.8. The summed E-state index contributed by atoms with van der Waals surface area (Å²) in [6, 6.07) is 2.25. The molecule has 1 aliphatic carbocycles. The van der Waals surface area contributed by atoms with Crippen molar-refractivity contribution >= 4 is 26.0 Å². The molecule has 0 bridgehead atoms. The molecule has 5 nitrogen and oxygen atoms in total. The molecule has 0 atom stereocenters. The number of halogens is 4. The predicted molar refractivity (Wildman–Crippen MR) is 89.4 cm³/mol. The maximum atomic E-state index is 12.7. The summed E-state index contributed by atoms with van der Waals surface area (Å²) in [5.41, 5.74) is 0. The Bertz CT molecular complexity index is 716. The van der Waals surface area contributed by atoms with E-state index in [0.717, 1.165) is 0 Å². The highest BCUT2D eigenvalue weighted by atomic mass is 79.9. The van der Waals surface area contributed by atoms with Crippen molar-refractivity contribution in [2.45, 2.75) is 42.8 Å². The fourth-order valence-electron chi connectivity index (χ4n) is 2.86. The lowest BCUT2D eigenvalue weighted by atomic mass is 9.86. The molecule has 1 aliphatic rings. The largest absolute Gasteiger partial charge is 0.493 e. The number of benzene rings is 1. The predicted octanol–water partition coefficient (Wildman–Crippen LogP) is 3.87. The maximum Gasteiger partial charge on any atom is 0.391 e. The van der Waals surface area contributed by atoms with Gasteiger partial charge in [-0.2, -0.15) is 13.2 Å². The van der Waals surface area contributed by atoms with Crippen molar-refractivity contribution in [3.05, 3.63) is 16.6 Å². The van der Waals surface area contributed by atoms with Gasteiger partial charge in [-0.15, -0.1) is 0 Å². The molecule has 0 spiro atoms. The Morgan fingerprint density at radius 1 is 1.08 bits per heavy atom. The number of ether oxygens (including phenoxy) is 2. The highest BCUT2D eigenvalue weighted by Crippen LogP contribution is 2.39. The molecule has 1 saturated carbocycles. The molecule has 0 amide bonds. The van der Waals surface area contributed by atoms with Crippen LogP contribution in [0.1, 0.15) is 25.7 Å². The molecule has 0 aliphatic heterocycles. The number of sulfonamides is 1. The minimum absolute atomic E-state index is 0.0527. The van der Waals surface area contributed by atoms with Crippen molar-refractivity contribution in [3.8, 4) is 11.5 Å². The molecule has 1 N–H and O–H groups in total. The third-order valence-corrected chi connectivity index (χ3v) is 6.72. The first-order chi connectivity index (χ1) is 11.6. The number of nitrogens with one attached hydrogen (secondary N) is 1. The highest BCUT2D eigenvalue weighted by Gasteiger charge is 2.42. The Kier molecular flexibility index (Phi) is 6.26. The zero-order valence-electron chi connectivity index (χ0n) is 13.7. The molecule has 2 rings (SSSR count). The summed E-state index contributed by atoms with van der Waals surface area (Å²) in [7, 11) is -1.11. The van der Waals surface area contributed by atoms with Gasteiger partial charge >= 0.3 is 6.18 Å². The molecule has 1 fully saturated rings. The van der Waals surface area contributed by atoms with Crippen molar-refractivity contribution in [1.82, 2.24) is 4.72 Å². The van der Waals surface area contributed by atoms with Gasteiger partial charge in [0, 0.05) is 16.6 Å². The lowest BCUT2D eigenvalue weighted by Gasteiger charge is -2.30. The molecule has 142 valence electrons. The minimum atomic E-state index is -4.23. The molecule has 1 aromatic rings. The van der Waals surface area contributed by atoms with E-state index in [1.165, 1.54) is 26.4 Å². The van der Waals surface area contributed by atoms with Gasteiger partial charge < -0.3 is 9.47 Å². The van der Waals surface area contributed by atoms with Crippen LogP contribution in [0.5, 0.6) is 11.5 Å². The van der Waals surface area contributed by atoms with Crippen molar-refractivity contribution < 1.29 is 31.1 Å². The molecule has 0 saturated heterocycles. The normalized spacial score (nSPS) is 21.8. The number of hydrogen-bond donors (Lipinski definition) is 1. The molecule has 0 aromatic heterocycles. The van der Waals surface area contributed by atoms with Crippen LogP contribution < -0.4 is 14.2 Å². The molecular weight excluding hydrogens is 427 g/mol. The quantitative estimate of drug-likeness (QED) is 0.746. The number of rotatable bonds is 5. The fraction of sp³-hybridized carbons (Fsp3) is 0.600. The molecule has 0 heterocycles. The molecule has 0 radical (unpaired) electrons. The molecule has 1 aromatic carbocycles. The number of hydrogen-bond acceptors (Lipinski definition) is 4. The van der Waals surface area contributed by atoms with Gasteiger partial charge in [0.1, 0.15) is 4.90 Å². The first-order valence-electron chi connectivity index (χ1n) is 7.59. The van der Waals surface area contributed by atoms with Crippen LogP contribution in [0.2, 0.25) is 0 Å². The Hall–Kier alpha value is -1.00. The highest BCUT2D eigenvalue weighted by molar-refractivity contribution is 9.10. The van der Waals surface area contributed by atoms with E-state index in [1.807, 2.05) is 0 Å². The van der Waals surface area contributed by atoms with E-state index in [9.17, 15) is 21.6 Å². The summed E-state index contributed by atoms with van der Waals surface area (Å²) in [5.74, 6) is -0.757. The SMILES string of the molecule is COc1cc(Br)c(S(=O)(=O)NC2CCC(C(F)(F)F)CC2)cc1OC. The third kappa shape index (κ3) is 4.79. The Labute approximate surface area is 153 Å². The van der Waals surface area contributed by atoms with E-state index >= 15 is 0 Å².